The summed E-state index contributed by atoms with van der Waals surface area (Å²) in [4.78, 5) is 40.7. The van der Waals surface area contributed by atoms with Gasteiger partial charge in [0.05, 0.1) is 6.61 Å². The van der Waals surface area contributed by atoms with Crippen LogP contribution in [0.3, 0.4) is 0 Å². The second-order valence-electron chi connectivity index (χ2n) is 6.05. The van der Waals surface area contributed by atoms with E-state index in [9.17, 15) is 14.4 Å². The normalized spacial score (nSPS) is 12.9. The smallest absolute Gasteiger partial charge is 0.355 e. The molecule has 0 aliphatic carbocycles. The van der Waals surface area contributed by atoms with Crippen molar-refractivity contribution in [2.24, 2.45) is 0 Å². The number of allylic oxidation sites excluding steroid dienone is 2. The van der Waals surface area contributed by atoms with Crippen LogP contribution < -0.4 is 0 Å². The molecular weight excluding hydrogens is 380 g/mol. The molecule has 1 aromatic heterocycles. The lowest BCUT2D eigenvalue weighted by molar-refractivity contribution is -0.125. The van der Waals surface area contributed by atoms with Gasteiger partial charge in [-0.1, -0.05) is 35.9 Å². The first-order chi connectivity index (χ1) is 13.5. The van der Waals surface area contributed by atoms with Gasteiger partial charge in [0.25, 0.3) is 0 Å². The molecule has 1 heterocycles. The summed E-state index contributed by atoms with van der Waals surface area (Å²) in [5.74, 6) is -0.595. The fourth-order valence-corrected chi connectivity index (χ4v) is 3.21. The number of H-pyrrole nitrogens is 1. The van der Waals surface area contributed by atoms with Crippen LogP contribution in [-0.4, -0.2) is 41.7 Å². The third-order valence-electron chi connectivity index (χ3n) is 4.31. The average molecular weight is 403 g/mol. The predicted octanol–water partition coefficient (Wildman–Crippen LogP) is 4.22. The average Bonchev–Trinajstić information content (AvgIpc) is 3.05. The van der Waals surface area contributed by atoms with Crippen LogP contribution in [0.5, 0.6) is 0 Å². The van der Waals surface area contributed by atoms with E-state index in [1.807, 2.05) is 32.1 Å². The molecule has 148 valence electrons. The number of esters is 1. The molecule has 1 atom stereocenters. The van der Waals surface area contributed by atoms with E-state index in [0.29, 0.717) is 34.2 Å². The fraction of sp³-hybridized carbons (Fsp3) is 0.286. The second kappa shape index (κ2) is 9.90. The van der Waals surface area contributed by atoms with Crippen LogP contribution in [0.2, 0.25) is 5.02 Å². The Morgan fingerprint density at radius 1 is 1.32 bits per heavy atom. The molecule has 0 bridgehead atoms. The van der Waals surface area contributed by atoms with Gasteiger partial charge in [-0.05, 0) is 38.5 Å². The fourth-order valence-electron chi connectivity index (χ4n) is 3.04. The zero-order chi connectivity index (χ0) is 20.7. The van der Waals surface area contributed by atoms with Crippen LogP contribution in [0.4, 0.5) is 0 Å². The summed E-state index contributed by atoms with van der Waals surface area (Å²) in [7, 11) is 0. The van der Waals surface area contributed by atoms with Gasteiger partial charge in [0.1, 0.15) is 18.0 Å². The van der Waals surface area contributed by atoms with Gasteiger partial charge in [-0.3, -0.25) is 4.79 Å². The van der Waals surface area contributed by atoms with E-state index in [-0.39, 0.29) is 18.8 Å². The van der Waals surface area contributed by atoms with E-state index in [1.54, 1.807) is 25.1 Å². The minimum atomic E-state index is -0.966. The Bertz CT molecular complexity index is 930. The minimum Gasteiger partial charge on any atom is -0.461 e. The molecule has 0 fully saturated rings. The van der Waals surface area contributed by atoms with Crippen LogP contribution in [0, 0.1) is 0 Å². The Hall–Kier alpha value is -2.86. The standard InChI is InChI=1S/C21H23ClN2O4/c1-4-7-14(5-2)11-24(13-26)18(12-25)19-16-9-8-15(22)10-17(16)23-20(19)21(27)28-6-3/h4-5,7-10,12-13,18,23H,6,11H2,1-3H3/b7-4-,14-5+. The van der Waals surface area contributed by atoms with Crippen LogP contribution in [0.15, 0.2) is 42.0 Å². The van der Waals surface area contributed by atoms with Gasteiger partial charge in [0, 0.05) is 28.0 Å². The molecule has 1 unspecified atom stereocenters. The van der Waals surface area contributed by atoms with Crippen molar-refractivity contribution in [2.45, 2.75) is 26.8 Å². The highest BCUT2D eigenvalue weighted by Gasteiger charge is 2.29. The maximum absolute atomic E-state index is 12.5. The predicted molar refractivity (Wildman–Crippen MR) is 109 cm³/mol. The quantitative estimate of drug-likeness (QED) is 0.387. The van der Waals surface area contributed by atoms with Gasteiger partial charge in [0.15, 0.2) is 0 Å². The molecule has 0 aliphatic rings. The second-order valence-corrected chi connectivity index (χ2v) is 6.48. The van der Waals surface area contributed by atoms with Gasteiger partial charge in [0.2, 0.25) is 6.41 Å². The number of carbonyl (C=O) groups excluding carboxylic acids is 3. The zero-order valence-electron chi connectivity index (χ0n) is 16.1. The highest BCUT2D eigenvalue weighted by Crippen LogP contribution is 2.32. The first kappa shape index (κ1) is 21.4. The highest BCUT2D eigenvalue weighted by atomic mass is 35.5. The first-order valence-electron chi connectivity index (χ1n) is 8.93. The highest BCUT2D eigenvalue weighted by molar-refractivity contribution is 6.31. The van der Waals surface area contributed by atoms with Gasteiger partial charge in [-0.15, -0.1) is 0 Å². The maximum atomic E-state index is 12.5. The third kappa shape index (κ3) is 4.51. The molecule has 2 rings (SSSR count). The van der Waals surface area contributed by atoms with Crippen molar-refractivity contribution in [2.75, 3.05) is 13.2 Å². The minimum absolute atomic E-state index is 0.135. The van der Waals surface area contributed by atoms with E-state index in [1.165, 1.54) is 4.90 Å². The third-order valence-corrected chi connectivity index (χ3v) is 4.55. The van der Waals surface area contributed by atoms with Crippen LogP contribution >= 0.6 is 11.6 Å². The molecule has 0 saturated carbocycles. The number of hydrogen-bond donors (Lipinski definition) is 1. The Morgan fingerprint density at radius 3 is 2.64 bits per heavy atom. The summed E-state index contributed by atoms with van der Waals surface area (Å²) < 4.78 is 5.13. The SMILES string of the molecule is C/C=C\C(=C/C)CN(C=O)C(C=O)c1c(C(=O)OCC)[nH]c2cc(Cl)ccc12. The van der Waals surface area contributed by atoms with Crippen molar-refractivity contribution in [3.63, 3.8) is 0 Å². The summed E-state index contributed by atoms with van der Waals surface area (Å²) in [5.41, 5.74) is 1.98. The number of halogens is 1. The first-order valence-corrected chi connectivity index (χ1v) is 9.30. The Balaban J connectivity index is 2.63. The molecule has 1 aromatic carbocycles. The van der Waals surface area contributed by atoms with Crippen LogP contribution in [0.1, 0.15) is 42.9 Å². The molecule has 1 amide bonds. The van der Waals surface area contributed by atoms with Gasteiger partial charge >= 0.3 is 5.97 Å². The van der Waals surface area contributed by atoms with Crippen molar-refractivity contribution in [1.82, 2.24) is 9.88 Å². The number of ether oxygens (including phenoxy) is 1. The summed E-state index contributed by atoms with van der Waals surface area (Å²) >= 11 is 6.06. The summed E-state index contributed by atoms with van der Waals surface area (Å²) in [6, 6.07) is 4.08. The lowest BCUT2D eigenvalue weighted by Gasteiger charge is -2.25. The van der Waals surface area contributed by atoms with Crippen molar-refractivity contribution in [3.8, 4) is 0 Å². The summed E-state index contributed by atoms with van der Waals surface area (Å²) in [6.45, 7) is 5.82. The molecule has 0 radical (unpaired) electrons. The number of aromatic amines is 1. The summed E-state index contributed by atoms with van der Waals surface area (Å²) in [5, 5.41) is 1.11. The Morgan fingerprint density at radius 2 is 2.07 bits per heavy atom. The maximum Gasteiger partial charge on any atom is 0.355 e. The van der Waals surface area contributed by atoms with E-state index >= 15 is 0 Å². The van der Waals surface area contributed by atoms with Crippen molar-refractivity contribution in [1.29, 1.82) is 0 Å². The number of rotatable bonds is 9. The molecule has 28 heavy (non-hydrogen) atoms. The number of carbonyl (C=O) groups is 3. The number of fused-ring (bicyclic) bond motifs is 1. The molecule has 6 nitrogen and oxygen atoms in total. The number of nitrogens with zero attached hydrogens (tertiary/aromatic N) is 1. The number of nitrogens with one attached hydrogen (secondary N) is 1. The number of benzene rings is 1. The van der Waals surface area contributed by atoms with E-state index < -0.39 is 12.0 Å². The van der Waals surface area contributed by atoms with E-state index in [4.69, 9.17) is 16.3 Å². The van der Waals surface area contributed by atoms with Crippen molar-refractivity contribution < 1.29 is 19.1 Å². The lowest BCUT2D eigenvalue weighted by atomic mass is 10.0. The monoisotopic (exact) mass is 402 g/mol. The molecule has 0 aliphatic heterocycles. The Labute approximate surface area is 168 Å². The Kier molecular flexibility index (Phi) is 7.58. The van der Waals surface area contributed by atoms with Crippen molar-refractivity contribution in [3.05, 3.63) is 58.3 Å². The van der Waals surface area contributed by atoms with Gasteiger partial charge in [-0.25, -0.2) is 4.79 Å². The van der Waals surface area contributed by atoms with Crippen LogP contribution in [-0.2, 0) is 14.3 Å². The molecule has 0 saturated heterocycles. The number of amides is 1. The van der Waals surface area contributed by atoms with Gasteiger partial charge in [-0.2, -0.15) is 0 Å². The number of hydrogen-bond acceptors (Lipinski definition) is 4. The molecule has 2 aromatic rings. The van der Waals surface area contributed by atoms with E-state index in [0.717, 1.165) is 5.57 Å². The van der Waals surface area contributed by atoms with Crippen LogP contribution in [0.25, 0.3) is 10.9 Å². The summed E-state index contributed by atoms with van der Waals surface area (Å²) in [6.07, 6.45) is 6.83. The van der Waals surface area contributed by atoms with E-state index in [2.05, 4.69) is 4.98 Å². The molecule has 0 spiro atoms. The number of aromatic nitrogens is 1. The molecular formula is C21H23ClN2O4. The largest absolute Gasteiger partial charge is 0.461 e. The van der Waals surface area contributed by atoms with Gasteiger partial charge < -0.3 is 19.4 Å². The zero-order valence-corrected chi connectivity index (χ0v) is 16.8. The number of aldehydes is 1. The topological polar surface area (TPSA) is 79.5 Å². The lowest BCUT2D eigenvalue weighted by Crippen LogP contribution is -2.31. The van der Waals surface area contributed by atoms with Crippen molar-refractivity contribution >= 4 is 41.2 Å². The molecule has 7 heteroatoms. The molecule has 1 N–H and O–H groups in total.